The van der Waals surface area contributed by atoms with Crippen molar-refractivity contribution in [3.8, 4) is 0 Å². The first-order valence-electron chi connectivity index (χ1n) is 10.1. The van der Waals surface area contributed by atoms with Gasteiger partial charge in [0.25, 0.3) is 0 Å². The van der Waals surface area contributed by atoms with Gasteiger partial charge >= 0.3 is 6.18 Å². The summed E-state index contributed by atoms with van der Waals surface area (Å²) in [6.45, 7) is 2.20. The normalized spacial score (nSPS) is 18.0. The molecule has 5 nitrogen and oxygen atoms in total. The van der Waals surface area contributed by atoms with Crippen molar-refractivity contribution in [1.29, 1.82) is 0 Å². The Morgan fingerprint density at radius 2 is 1.79 bits per heavy atom. The van der Waals surface area contributed by atoms with Crippen LogP contribution in [-0.4, -0.2) is 30.1 Å². The highest BCUT2D eigenvalue weighted by atomic mass is 35.5. The van der Waals surface area contributed by atoms with Gasteiger partial charge in [-0.25, -0.2) is 0 Å². The summed E-state index contributed by atoms with van der Waals surface area (Å²) in [6.07, 6.45) is -4.55. The molecule has 0 spiro atoms. The molecule has 1 aliphatic heterocycles. The number of aryl methyl sites for hydroxylation is 1. The topological polar surface area (TPSA) is 67.8 Å². The van der Waals surface area contributed by atoms with Gasteiger partial charge in [0.2, 0.25) is 5.91 Å². The van der Waals surface area contributed by atoms with E-state index >= 15 is 0 Å². The zero-order chi connectivity index (χ0) is 24.4. The van der Waals surface area contributed by atoms with Crippen molar-refractivity contribution >= 4 is 40.6 Å². The van der Waals surface area contributed by atoms with E-state index in [1.807, 2.05) is 6.92 Å². The second-order valence-corrected chi connectivity index (χ2v) is 8.91. The number of Topliss-reactive ketones (excluding diaryl/α,β-unsaturated/α-hetero) is 1. The number of halogens is 5. The summed E-state index contributed by atoms with van der Waals surface area (Å²) >= 11 is 12.2. The van der Waals surface area contributed by atoms with Crippen molar-refractivity contribution in [1.82, 2.24) is 5.32 Å². The molecule has 1 amide bonds. The molecule has 0 fully saturated rings. The Bertz CT molecular complexity index is 1100. The lowest BCUT2D eigenvalue weighted by atomic mass is 9.88. The molecule has 0 aromatic heterocycles. The molecule has 0 saturated heterocycles. The van der Waals surface area contributed by atoms with Gasteiger partial charge in [-0.3, -0.25) is 9.59 Å². The van der Waals surface area contributed by atoms with Crippen LogP contribution in [0, 0.1) is 6.92 Å². The SMILES string of the molecule is Cc1cc(C2=NO[C@](C)(c3cc(Cl)cc(Cl)c3)C2)ccc1C(=O)CCC(=O)NCC(F)(F)F. The molecule has 0 radical (unpaired) electrons. The summed E-state index contributed by atoms with van der Waals surface area (Å²) < 4.78 is 36.5. The minimum Gasteiger partial charge on any atom is -0.384 e. The molecule has 0 saturated carbocycles. The van der Waals surface area contributed by atoms with E-state index in [2.05, 4.69) is 5.16 Å². The molecule has 0 unspecified atom stereocenters. The Morgan fingerprint density at radius 1 is 1.12 bits per heavy atom. The van der Waals surface area contributed by atoms with Crippen LogP contribution < -0.4 is 5.32 Å². The van der Waals surface area contributed by atoms with Crippen LogP contribution in [0.25, 0.3) is 0 Å². The predicted molar refractivity (Wildman–Crippen MR) is 120 cm³/mol. The highest BCUT2D eigenvalue weighted by Crippen LogP contribution is 2.38. The number of carbonyl (C=O) groups is 2. The zero-order valence-electron chi connectivity index (χ0n) is 17.9. The molecule has 0 bridgehead atoms. The number of rotatable bonds is 7. The van der Waals surface area contributed by atoms with Gasteiger partial charge in [-0.2, -0.15) is 13.2 Å². The Morgan fingerprint density at radius 3 is 2.39 bits per heavy atom. The van der Waals surface area contributed by atoms with Crippen molar-refractivity contribution in [2.24, 2.45) is 5.16 Å². The molecule has 2 aromatic carbocycles. The van der Waals surface area contributed by atoms with Crippen molar-refractivity contribution in [2.45, 2.75) is 44.9 Å². The molecule has 33 heavy (non-hydrogen) atoms. The summed E-state index contributed by atoms with van der Waals surface area (Å²) in [5, 5.41) is 6.94. The fourth-order valence-electron chi connectivity index (χ4n) is 3.51. The third-order valence-corrected chi connectivity index (χ3v) is 5.70. The Balaban J connectivity index is 1.65. The van der Waals surface area contributed by atoms with Crippen LogP contribution in [0.4, 0.5) is 13.2 Å². The molecule has 1 N–H and O–H groups in total. The Kier molecular flexibility index (Phi) is 7.39. The molecule has 176 valence electrons. The highest BCUT2D eigenvalue weighted by Gasteiger charge is 2.37. The van der Waals surface area contributed by atoms with E-state index < -0.39 is 24.2 Å². The summed E-state index contributed by atoms with van der Waals surface area (Å²) in [5.41, 5.74) is 2.54. The lowest BCUT2D eigenvalue weighted by molar-refractivity contribution is -0.138. The number of nitrogens with zero attached hydrogens (tertiary/aromatic N) is 1. The van der Waals surface area contributed by atoms with E-state index in [-0.39, 0.29) is 18.6 Å². The zero-order valence-corrected chi connectivity index (χ0v) is 19.4. The first-order valence-corrected chi connectivity index (χ1v) is 10.8. The minimum atomic E-state index is -4.49. The summed E-state index contributed by atoms with van der Waals surface area (Å²) in [5.74, 6) is -1.16. The van der Waals surface area contributed by atoms with E-state index in [9.17, 15) is 22.8 Å². The van der Waals surface area contributed by atoms with Crippen LogP contribution in [0.15, 0.2) is 41.6 Å². The molecule has 0 aliphatic carbocycles. The highest BCUT2D eigenvalue weighted by molar-refractivity contribution is 6.34. The number of hydrogen-bond donors (Lipinski definition) is 1. The molecule has 10 heteroatoms. The number of carbonyl (C=O) groups excluding carboxylic acids is 2. The second-order valence-electron chi connectivity index (χ2n) is 8.04. The van der Waals surface area contributed by atoms with Gasteiger partial charge in [0.15, 0.2) is 11.4 Å². The maximum atomic E-state index is 12.5. The molecule has 1 heterocycles. The standard InChI is InChI=1S/C23H21Cl2F3N2O3/c1-13-7-14(3-4-18(13)20(31)5-6-21(32)29-12-23(26,27)28)19-11-22(2,33-30-19)15-8-16(24)10-17(25)9-15/h3-4,7-10H,5-6,11-12H2,1-2H3,(H,29,32)/t22-/m0/s1. The van der Waals surface area contributed by atoms with E-state index in [1.165, 1.54) is 0 Å². The van der Waals surface area contributed by atoms with Crippen molar-refractivity contribution in [3.63, 3.8) is 0 Å². The second kappa shape index (κ2) is 9.73. The fraction of sp³-hybridized carbons (Fsp3) is 0.348. The predicted octanol–water partition coefficient (Wildman–Crippen LogP) is 5.98. The van der Waals surface area contributed by atoms with Crippen molar-refractivity contribution in [3.05, 3.63) is 68.7 Å². The average Bonchev–Trinajstić information content (AvgIpc) is 3.13. The average molecular weight is 501 g/mol. The fourth-order valence-corrected chi connectivity index (χ4v) is 4.04. The lowest BCUT2D eigenvalue weighted by Gasteiger charge is -2.22. The third-order valence-electron chi connectivity index (χ3n) is 5.26. The van der Waals surface area contributed by atoms with E-state index in [4.69, 9.17) is 28.0 Å². The van der Waals surface area contributed by atoms with Crippen LogP contribution in [0.2, 0.25) is 10.0 Å². The molecule has 2 aromatic rings. The largest absolute Gasteiger partial charge is 0.405 e. The molecule has 3 rings (SSSR count). The first kappa shape index (κ1) is 25.1. The van der Waals surface area contributed by atoms with Gasteiger partial charge in [-0.15, -0.1) is 0 Å². The van der Waals surface area contributed by atoms with E-state index in [0.717, 1.165) is 11.1 Å². The quantitative estimate of drug-likeness (QED) is 0.475. The van der Waals surface area contributed by atoms with Crippen LogP contribution >= 0.6 is 23.2 Å². The third kappa shape index (κ3) is 6.48. The first-order chi connectivity index (χ1) is 15.4. The Labute approximate surface area is 198 Å². The number of hydrogen-bond acceptors (Lipinski definition) is 4. The van der Waals surface area contributed by atoms with Crippen molar-refractivity contribution < 1.29 is 27.6 Å². The monoisotopic (exact) mass is 500 g/mol. The van der Waals surface area contributed by atoms with Gasteiger partial charge in [-0.1, -0.05) is 40.5 Å². The number of benzene rings is 2. The maximum Gasteiger partial charge on any atom is 0.405 e. The van der Waals surface area contributed by atoms with E-state index in [1.54, 1.807) is 48.6 Å². The molecular weight excluding hydrogens is 480 g/mol. The van der Waals surface area contributed by atoms with Gasteiger partial charge in [0.05, 0.1) is 5.71 Å². The number of oxime groups is 1. The Hall–Kier alpha value is -2.58. The van der Waals surface area contributed by atoms with Gasteiger partial charge in [-0.05, 0) is 49.2 Å². The summed E-state index contributed by atoms with van der Waals surface area (Å²) in [7, 11) is 0. The number of amides is 1. The minimum absolute atomic E-state index is 0.193. The van der Waals surface area contributed by atoms with Crippen LogP contribution in [0.5, 0.6) is 0 Å². The van der Waals surface area contributed by atoms with Gasteiger partial charge < -0.3 is 10.2 Å². The van der Waals surface area contributed by atoms with Gasteiger partial charge in [0, 0.05) is 40.4 Å². The number of alkyl halides is 3. The van der Waals surface area contributed by atoms with Gasteiger partial charge in [0.1, 0.15) is 6.54 Å². The molecule has 1 aliphatic rings. The summed E-state index contributed by atoms with van der Waals surface area (Å²) in [6, 6.07) is 10.3. The van der Waals surface area contributed by atoms with E-state index in [0.29, 0.717) is 33.3 Å². The number of nitrogens with one attached hydrogen (secondary N) is 1. The maximum absolute atomic E-state index is 12.5. The van der Waals surface area contributed by atoms with Crippen LogP contribution in [0.1, 0.15) is 53.2 Å². The number of ketones is 1. The summed E-state index contributed by atoms with van der Waals surface area (Å²) in [4.78, 5) is 29.7. The smallest absolute Gasteiger partial charge is 0.384 e. The van der Waals surface area contributed by atoms with Crippen LogP contribution in [0.3, 0.4) is 0 Å². The molecule has 1 atom stereocenters. The van der Waals surface area contributed by atoms with Crippen LogP contribution in [-0.2, 0) is 15.2 Å². The molecular formula is C23H21Cl2F3N2O3. The lowest BCUT2D eigenvalue weighted by Crippen LogP contribution is -2.33. The van der Waals surface area contributed by atoms with Crippen molar-refractivity contribution in [2.75, 3.05) is 6.54 Å².